The van der Waals surface area contributed by atoms with Crippen LogP contribution in [-0.2, 0) is 23.9 Å². The van der Waals surface area contributed by atoms with Crippen LogP contribution in [0, 0.1) is 5.92 Å². The third-order valence-corrected chi connectivity index (χ3v) is 7.10. The van der Waals surface area contributed by atoms with E-state index in [0.29, 0.717) is 64.7 Å². The van der Waals surface area contributed by atoms with Crippen molar-refractivity contribution in [2.24, 2.45) is 5.92 Å². The van der Waals surface area contributed by atoms with Gasteiger partial charge in [-0.3, -0.25) is 9.59 Å². The Labute approximate surface area is 193 Å². The number of hydrogen-bond donors (Lipinski definition) is 3. The minimum Gasteiger partial charge on any atom is -0.479 e. The standard InChI is InChI=1S/C23H33N3O7/c27-19-18-8-5-11-26(18)20(28)17(24-22(31)33-16-9-12-32-13-10-16)7-4-2-1-3-6-15-14-23(15,25-19)21(29)30/h3,6,15-18H,1-2,4-5,7-14H2,(H,24,31)(H,25,27)(H,29,30)/b6-3-/t15-,17+,18+,23-/m1/s1. The zero-order valence-electron chi connectivity index (χ0n) is 18.8. The average Bonchev–Trinajstić information content (AvgIpc) is 3.26. The molecule has 0 radical (unpaired) electrons. The fourth-order valence-electron chi connectivity index (χ4n) is 5.02. The number of rotatable bonds is 3. The number of carbonyl (C=O) groups is 4. The minimum absolute atomic E-state index is 0.234. The number of hydrogen-bond acceptors (Lipinski definition) is 6. The van der Waals surface area contributed by atoms with Crippen molar-refractivity contribution in [2.75, 3.05) is 19.8 Å². The van der Waals surface area contributed by atoms with Gasteiger partial charge in [0.05, 0.1) is 13.2 Å². The lowest BCUT2D eigenvalue weighted by molar-refractivity contribution is -0.145. The van der Waals surface area contributed by atoms with E-state index in [4.69, 9.17) is 9.47 Å². The molecule has 10 heteroatoms. The van der Waals surface area contributed by atoms with Crippen molar-refractivity contribution in [1.29, 1.82) is 0 Å². The van der Waals surface area contributed by atoms with Gasteiger partial charge >= 0.3 is 12.1 Å². The minimum atomic E-state index is -1.29. The molecule has 0 unspecified atom stereocenters. The second-order valence-corrected chi connectivity index (χ2v) is 9.39. The number of carboxylic acid groups (broad SMARTS) is 1. The van der Waals surface area contributed by atoms with Gasteiger partial charge in [-0.15, -0.1) is 0 Å². The maximum Gasteiger partial charge on any atom is 0.408 e. The summed E-state index contributed by atoms with van der Waals surface area (Å²) >= 11 is 0. The number of alkyl carbamates (subject to hydrolysis) is 1. The van der Waals surface area contributed by atoms with Crippen molar-refractivity contribution < 1.29 is 33.8 Å². The summed E-state index contributed by atoms with van der Waals surface area (Å²) in [6, 6.07) is -1.53. The fraction of sp³-hybridized carbons (Fsp3) is 0.739. The van der Waals surface area contributed by atoms with Gasteiger partial charge in [0, 0.05) is 25.3 Å². The number of carbonyl (C=O) groups excluding carboxylic acids is 3. The molecule has 0 aromatic heterocycles. The lowest BCUT2D eigenvalue weighted by atomic mass is 10.0. The van der Waals surface area contributed by atoms with Crippen molar-refractivity contribution in [3.8, 4) is 0 Å². The van der Waals surface area contributed by atoms with Crippen LogP contribution in [0.2, 0.25) is 0 Å². The van der Waals surface area contributed by atoms with Crippen LogP contribution < -0.4 is 10.6 Å². The molecule has 3 heterocycles. The van der Waals surface area contributed by atoms with Crippen LogP contribution in [-0.4, -0.2) is 77.4 Å². The summed E-state index contributed by atoms with van der Waals surface area (Å²) in [5.74, 6) is -2.05. The monoisotopic (exact) mass is 463 g/mol. The average molecular weight is 464 g/mol. The number of ether oxygens (including phenoxy) is 2. The molecule has 2 saturated heterocycles. The van der Waals surface area contributed by atoms with Crippen LogP contribution in [0.3, 0.4) is 0 Å². The highest BCUT2D eigenvalue weighted by Crippen LogP contribution is 2.45. The topological polar surface area (TPSA) is 134 Å². The number of aliphatic carboxylic acids is 1. The molecule has 3 amide bonds. The molecule has 33 heavy (non-hydrogen) atoms. The van der Waals surface area contributed by atoms with Gasteiger partial charge in [-0.1, -0.05) is 18.6 Å². The summed E-state index contributed by atoms with van der Waals surface area (Å²) < 4.78 is 10.8. The summed E-state index contributed by atoms with van der Waals surface area (Å²) in [5, 5.41) is 15.2. The third kappa shape index (κ3) is 5.31. The predicted octanol–water partition coefficient (Wildman–Crippen LogP) is 1.34. The van der Waals surface area contributed by atoms with Crippen LogP contribution in [0.5, 0.6) is 0 Å². The van der Waals surface area contributed by atoms with Crippen LogP contribution in [0.15, 0.2) is 12.2 Å². The SMILES string of the molecule is O=C(N[C@H]1CCCC/C=C\[C@@H]2C[C@@]2(C(=O)O)NC(=O)[C@@H]2CCCN2C1=O)OC1CCOCC1. The Morgan fingerprint density at radius 2 is 1.94 bits per heavy atom. The van der Waals surface area contributed by atoms with Crippen molar-refractivity contribution in [3.63, 3.8) is 0 Å². The van der Waals surface area contributed by atoms with Crippen LogP contribution in [0.1, 0.15) is 57.8 Å². The zero-order valence-corrected chi connectivity index (χ0v) is 18.8. The second-order valence-electron chi connectivity index (χ2n) is 9.39. The number of fused-ring (bicyclic) bond motifs is 2. The molecule has 0 aromatic carbocycles. The first kappa shape index (κ1) is 23.5. The predicted molar refractivity (Wildman–Crippen MR) is 116 cm³/mol. The van der Waals surface area contributed by atoms with E-state index in [1.807, 2.05) is 12.2 Å². The molecule has 3 N–H and O–H groups in total. The van der Waals surface area contributed by atoms with Gasteiger partial charge in [-0.2, -0.15) is 0 Å². The smallest absolute Gasteiger partial charge is 0.408 e. The van der Waals surface area contributed by atoms with E-state index in [9.17, 15) is 24.3 Å². The van der Waals surface area contributed by atoms with Crippen LogP contribution in [0.4, 0.5) is 4.79 Å². The first-order valence-corrected chi connectivity index (χ1v) is 12.0. The molecular weight excluding hydrogens is 430 g/mol. The number of nitrogens with one attached hydrogen (secondary N) is 2. The molecule has 4 rings (SSSR count). The molecule has 0 bridgehead atoms. The molecule has 10 nitrogen and oxygen atoms in total. The van der Waals surface area contributed by atoms with Crippen molar-refractivity contribution in [2.45, 2.75) is 81.5 Å². The summed E-state index contributed by atoms with van der Waals surface area (Å²) in [6.07, 6.45) is 8.36. The van der Waals surface area contributed by atoms with Gasteiger partial charge in [0.15, 0.2) is 0 Å². The van der Waals surface area contributed by atoms with Gasteiger partial charge in [0.25, 0.3) is 0 Å². The lowest BCUT2D eigenvalue weighted by Crippen LogP contribution is -2.56. The zero-order chi connectivity index (χ0) is 23.4. The van der Waals surface area contributed by atoms with Crippen LogP contribution in [0.25, 0.3) is 0 Å². The molecule has 3 aliphatic heterocycles. The number of amides is 3. The van der Waals surface area contributed by atoms with Crippen LogP contribution >= 0.6 is 0 Å². The molecule has 4 aliphatic rings. The summed E-state index contributed by atoms with van der Waals surface area (Å²) in [4.78, 5) is 52.3. The Bertz CT molecular complexity index is 810. The van der Waals surface area contributed by atoms with E-state index in [1.54, 1.807) is 0 Å². The highest BCUT2D eigenvalue weighted by molar-refractivity contribution is 5.96. The molecule has 182 valence electrons. The lowest BCUT2D eigenvalue weighted by Gasteiger charge is -2.30. The van der Waals surface area contributed by atoms with Gasteiger partial charge in [0.2, 0.25) is 11.8 Å². The van der Waals surface area contributed by atoms with E-state index >= 15 is 0 Å². The van der Waals surface area contributed by atoms with E-state index in [2.05, 4.69) is 10.6 Å². The van der Waals surface area contributed by atoms with Gasteiger partial charge in [0.1, 0.15) is 23.7 Å². The molecule has 0 spiro atoms. The fourth-order valence-corrected chi connectivity index (χ4v) is 5.02. The van der Waals surface area contributed by atoms with E-state index in [1.165, 1.54) is 4.90 Å². The molecular formula is C23H33N3O7. The van der Waals surface area contributed by atoms with Crippen molar-refractivity contribution >= 4 is 23.9 Å². The second kappa shape index (κ2) is 10.1. The summed E-state index contributed by atoms with van der Waals surface area (Å²) in [5.41, 5.74) is -1.29. The third-order valence-electron chi connectivity index (χ3n) is 7.10. The van der Waals surface area contributed by atoms with Crippen molar-refractivity contribution in [1.82, 2.24) is 15.5 Å². The van der Waals surface area contributed by atoms with E-state index < -0.39 is 35.6 Å². The molecule has 1 aliphatic carbocycles. The van der Waals surface area contributed by atoms with Crippen molar-refractivity contribution in [3.05, 3.63) is 12.2 Å². The summed E-state index contributed by atoms with van der Waals surface area (Å²) in [6.45, 7) is 1.47. The van der Waals surface area contributed by atoms with Gasteiger partial charge in [-0.25, -0.2) is 9.59 Å². The highest BCUT2D eigenvalue weighted by atomic mass is 16.6. The van der Waals surface area contributed by atoms with E-state index in [0.717, 1.165) is 12.8 Å². The Hall–Kier alpha value is -2.62. The number of nitrogens with zero attached hydrogens (tertiary/aromatic N) is 1. The molecule has 3 fully saturated rings. The Balaban J connectivity index is 1.47. The van der Waals surface area contributed by atoms with Gasteiger partial charge in [-0.05, 0) is 38.5 Å². The summed E-state index contributed by atoms with van der Waals surface area (Å²) in [7, 11) is 0. The molecule has 1 saturated carbocycles. The first-order valence-electron chi connectivity index (χ1n) is 12.0. The number of carboxylic acids is 1. The Morgan fingerprint density at radius 3 is 2.70 bits per heavy atom. The van der Waals surface area contributed by atoms with Gasteiger partial charge < -0.3 is 30.1 Å². The largest absolute Gasteiger partial charge is 0.479 e. The highest BCUT2D eigenvalue weighted by Gasteiger charge is 2.61. The maximum absolute atomic E-state index is 13.4. The molecule has 0 aromatic rings. The maximum atomic E-state index is 13.4. The molecule has 4 atom stereocenters. The van der Waals surface area contributed by atoms with E-state index in [-0.39, 0.29) is 17.9 Å². The Kier molecular flexibility index (Phi) is 7.21. The normalized spacial score (nSPS) is 34.3. The first-order chi connectivity index (χ1) is 15.9. The quantitative estimate of drug-likeness (QED) is 0.538. The Morgan fingerprint density at radius 1 is 1.15 bits per heavy atom. The number of allylic oxidation sites excluding steroid dienone is 1.